The summed E-state index contributed by atoms with van der Waals surface area (Å²) in [6, 6.07) is 19.3. The maximum atomic E-state index is 14.0. The number of benzene rings is 3. The lowest BCUT2D eigenvalue weighted by molar-refractivity contribution is -0.139. The first-order chi connectivity index (χ1) is 19.5. The van der Waals surface area contributed by atoms with Crippen molar-refractivity contribution in [1.29, 1.82) is 0 Å². The van der Waals surface area contributed by atoms with Gasteiger partial charge in [-0.05, 0) is 49.6 Å². The Bertz CT molecular complexity index is 1440. The highest BCUT2D eigenvalue weighted by Crippen LogP contribution is 2.34. The maximum absolute atomic E-state index is 14.0. The predicted molar refractivity (Wildman–Crippen MR) is 160 cm³/mol. The van der Waals surface area contributed by atoms with Crippen molar-refractivity contribution in [3.05, 3.63) is 83.9 Å². The third-order valence-corrected chi connectivity index (χ3v) is 8.34. The number of hydrogen-bond donors (Lipinski definition) is 1. The van der Waals surface area contributed by atoms with Crippen LogP contribution in [0.1, 0.15) is 31.9 Å². The first-order valence-corrected chi connectivity index (χ1v) is 14.8. The number of amides is 2. The van der Waals surface area contributed by atoms with Crippen LogP contribution in [0.5, 0.6) is 11.5 Å². The number of nitrogens with zero attached hydrogens (tertiary/aromatic N) is 2. The normalized spacial score (nSPS) is 12.0. The van der Waals surface area contributed by atoms with Gasteiger partial charge in [0.15, 0.2) is 11.5 Å². The van der Waals surface area contributed by atoms with E-state index in [0.29, 0.717) is 18.0 Å². The molecule has 10 heteroatoms. The molecule has 0 aliphatic carbocycles. The number of carbonyl (C=O) groups is 2. The summed E-state index contributed by atoms with van der Waals surface area (Å²) in [6.07, 6.45) is 0. The minimum Gasteiger partial charge on any atom is -0.493 e. The Kier molecular flexibility index (Phi) is 10.8. The summed E-state index contributed by atoms with van der Waals surface area (Å²) in [5.74, 6) is 0.0971. The summed E-state index contributed by atoms with van der Waals surface area (Å²) >= 11 is 0. The molecule has 3 rings (SSSR count). The highest BCUT2D eigenvalue weighted by molar-refractivity contribution is 7.92. The van der Waals surface area contributed by atoms with Crippen molar-refractivity contribution >= 4 is 27.5 Å². The van der Waals surface area contributed by atoms with Gasteiger partial charge in [-0.1, -0.05) is 61.9 Å². The average Bonchev–Trinajstić information content (AvgIpc) is 2.96. The molecular formula is C31H39N3O6S. The minimum atomic E-state index is -4.19. The second kappa shape index (κ2) is 14.0. The Morgan fingerprint density at radius 3 is 2.17 bits per heavy atom. The van der Waals surface area contributed by atoms with Crippen LogP contribution in [0.2, 0.25) is 0 Å². The summed E-state index contributed by atoms with van der Waals surface area (Å²) in [4.78, 5) is 28.6. The Balaban J connectivity index is 2.06. The highest BCUT2D eigenvalue weighted by atomic mass is 32.2. The SMILES string of the molecule is COc1ccc(N(CC(=O)N(Cc2cccc(C)c2)[C@H](C)C(=O)NCC(C)C)S(=O)(=O)c2ccccc2)cc1OC. The number of anilines is 1. The fraction of sp³-hybridized carbons (Fsp3) is 0.355. The zero-order chi connectivity index (χ0) is 30.2. The fourth-order valence-corrected chi connectivity index (χ4v) is 5.70. The van der Waals surface area contributed by atoms with Crippen molar-refractivity contribution in [2.45, 2.75) is 45.2 Å². The zero-order valence-electron chi connectivity index (χ0n) is 24.5. The smallest absolute Gasteiger partial charge is 0.264 e. The third kappa shape index (κ3) is 8.00. The monoisotopic (exact) mass is 581 g/mol. The molecule has 9 nitrogen and oxygen atoms in total. The molecule has 0 heterocycles. The van der Waals surface area contributed by atoms with Gasteiger partial charge in [0.2, 0.25) is 11.8 Å². The van der Waals surface area contributed by atoms with Crippen molar-refractivity contribution in [2.75, 3.05) is 31.6 Å². The van der Waals surface area contributed by atoms with Gasteiger partial charge in [0, 0.05) is 19.2 Å². The van der Waals surface area contributed by atoms with Crippen LogP contribution in [0, 0.1) is 12.8 Å². The molecule has 0 aliphatic rings. The summed E-state index contributed by atoms with van der Waals surface area (Å²) < 4.78 is 39.6. The number of ether oxygens (including phenoxy) is 2. The lowest BCUT2D eigenvalue weighted by Gasteiger charge is -2.32. The summed E-state index contributed by atoms with van der Waals surface area (Å²) in [7, 11) is -1.26. The van der Waals surface area contributed by atoms with Gasteiger partial charge in [-0.15, -0.1) is 0 Å². The molecule has 3 aromatic rings. The predicted octanol–water partition coefficient (Wildman–Crippen LogP) is 4.40. The maximum Gasteiger partial charge on any atom is 0.264 e. The van der Waals surface area contributed by atoms with Crippen LogP contribution in [-0.4, -0.2) is 58.5 Å². The van der Waals surface area contributed by atoms with E-state index in [-0.39, 0.29) is 29.0 Å². The molecule has 1 atom stereocenters. The molecule has 3 aromatic carbocycles. The van der Waals surface area contributed by atoms with Crippen LogP contribution in [0.3, 0.4) is 0 Å². The van der Waals surface area contributed by atoms with Crippen LogP contribution >= 0.6 is 0 Å². The molecule has 0 saturated carbocycles. The molecule has 0 fully saturated rings. The quantitative estimate of drug-likeness (QED) is 0.321. The molecule has 41 heavy (non-hydrogen) atoms. The van der Waals surface area contributed by atoms with Crippen LogP contribution in [0.4, 0.5) is 5.69 Å². The highest BCUT2D eigenvalue weighted by Gasteiger charge is 2.33. The molecule has 0 saturated heterocycles. The van der Waals surface area contributed by atoms with E-state index < -0.39 is 28.5 Å². The van der Waals surface area contributed by atoms with E-state index in [0.717, 1.165) is 15.4 Å². The number of rotatable bonds is 13. The van der Waals surface area contributed by atoms with Gasteiger partial charge < -0.3 is 19.7 Å². The van der Waals surface area contributed by atoms with Crippen LogP contribution in [0.15, 0.2) is 77.7 Å². The molecule has 0 spiro atoms. The van der Waals surface area contributed by atoms with Crippen LogP contribution < -0.4 is 19.1 Å². The number of sulfonamides is 1. The van der Waals surface area contributed by atoms with Gasteiger partial charge in [0.1, 0.15) is 12.6 Å². The van der Waals surface area contributed by atoms with Gasteiger partial charge >= 0.3 is 0 Å². The number of methoxy groups -OCH3 is 2. The van der Waals surface area contributed by atoms with Gasteiger partial charge in [-0.25, -0.2) is 8.42 Å². The van der Waals surface area contributed by atoms with E-state index >= 15 is 0 Å². The van der Waals surface area contributed by atoms with E-state index in [1.165, 1.54) is 37.3 Å². The molecule has 220 valence electrons. The van der Waals surface area contributed by atoms with E-state index in [1.807, 2.05) is 45.0 Å². The Hall–Kier alpha value is -4.05. The first-order valence-electron chi connectivity index (χ1n) is 13.4. The van der Waals surface area contributed by atoms with Crippen molar-refractivity contribution in [2.24, 2.45) is 5.92 Å². The zero-order valence-corrected chi connectivity index (χ0v) is 25.3. The molecule has 0 unspecified atom stereocenters. The van der Waals surface area contributed by atoms with Crippen molar-refractivity contribution in [3.63, 3.8) is 0 Å². The second-order valence-electron chi connectivity index (χ2n) is 10.2. The fourth-order valence-electron chi connectivity index (χ4n) is 4.27. The van der Waals surface area contributed by atoms with Crippen LogP contribution in [0.25, 0.3) is 0 Å². The molecular weight excluding hydrogens is 542 g/mol. The molecule has 0 bridgehead atoms. The standard InChI is InChI=1S/C31H39N3O6S/c1-22(2)19-32-31(36)24(4)33(20-25-12-10-11-23(3)17-25)30(35)21-34(41(37,38)27-13-8-7-9-14-27)26-15-16-28(39-5)29(18-26)40-6/h7-18,22,24H,19-21H2,1-6H3,(H,32,36)/t24-/m1/s1. The lowest BCUT2D eigenvalue weighted by atomic mass is 10.1. The average molecular weight is 582 g/mol. The number of carbonyl (C=O) groups excluding carboxylic acids is 2. The van der Waals surface area contributed by atoms with E-state index in [1.54, 1.807) is 37.3 Å². The summed E-state index contributed by atoms with van der Waals surface area (Å²) in [6.45, 7) is 7.60. The summed E-state index contributed by atoms with van der Waals surface area (Å²) in [5, 5.41) is 2.89. The van der Waals surface area contributed by atoms with Gasteiger partial charge in [0.05, 0.1) is 24.8 Å². The van der Waals surface area contributed by atoms with Crippen molar-refractivity contribution in [3.8, 4) is 11.5 Å². The molecule has 1 N–H and O–H groups in total. The Labute approximate surface area is 243 Å². The van der Waals surface area contributed by atoms with Gasteiger partial charge in [0.25, 0.3) is 10.0 Å². The van der Waals surface area contributed by atoms with Crippen LogP contribution in [-0.2, 0) is 26.2 Å². The molecule has 0 radical (unpaired) electrons. The molecule has 0 aromatic heterocycles. The first kappa shape index (κ1) is 31.5. The second-order valence-corrected chi connectivity index (χ2v) is 12.1. The molecule has 0 aliphatic heterocycles. The topological polar surface area (TPSA) is 105 Å². The Morgan fingerprint density at radius 1 is 0.878 bits per heavy atom. The van der Waals surface area contributed by atoms with E-state index in [9.17, 15) is 18.0 Å². The number of aryl methyl sites for hydroxylation is 1. The largest absolute Gasteiger partial charge is 0.493 e. The summed E-state index contributed by atoms with van der Waals surface area (Å²) in [5.41, 5.74) is 2.04. The third-order valence-electron chi connectivity index (χ3n) is 6.55. The van der Waals surface area contributed by atoms with Gasteiger partial charge in [-0.2, -0.15) is 0 Å². The molecule has 2 amide bonds. The number of nitrogens with one attached hydrogen (secondary N) is 1. The van der Waals surface area contributed by atoms with E-state index in [4.69, 9.17) is 9.47 Å². The minimum absolute atomic E-state index is 0.0237. The lowest BCUT2D eigenvalue weighted by Crippen LogP contribution is -2.51. The van der Waals surface area contributed by atoms with Gasteiger partial charge in [-0.3, -0.25) is 13.9 Å². The van der Waals surface area contributed by atoms with Crippen molar-refractivity contribution in [1.82, 2.24) is 10.2 Å². The Morgan fingerprint density at radius 2 is 1.56 bits per heavy atom. The van der Waals surface area contributed by atoms with E-state index in [2.05, 4.69) is 5.32 Å². The van der Waals surface area contributed by atoms with Crippen molar-refractivity contribution < 1.29 is 27.5 Å². The number of hydrogen-bond acceptors (Lipinski definition) is 6.